The van der Waals surface area contributed by atoms with Crippen molar-refractivity contribution in [2.75, 3.05) is 104 Å². The minimum atomic E-state index is -0.341. The molecule has 8 fully saturated rings. The van der Waals surface area contributed by atoms with Gasteiger partial charge in [-0.1, -0.05) is 99.5 Å². The molecular formula is C111H173N15O18. The number of carbonyl (C=O) groups excluding carboxylic acids is 14. The maximum atomic E-state index is 13.5. The number of esters is 2. The molecule has 2 saturated heterocycles. The highest BCUT2D eigenvalue weighted by Crippen LogP contribution is 2.36. The molecule has 800 valence electrons. The lowest BCUT2D eigenvalue weighted by molar-refractivity contribution is -0.145. The number of nitrogens with zero attached hydrogens (tertiary/aromatic N) is 8. The van der Waals surface area contributed by atoms with Crippen LogP contribution in [0.25, 0.3) is 0 Å². The van der Waals surface area contributed by atoms with Gasteiger partial charge in [0.2, 0.25) is 29.5 Å². The second-order valence-electron chi connectivity index (χ2n) is 39.6. The van der Waals surface area contributed by atoms with E-state index in [1.807, 2.05) is 184 Å². The summed E-state index contributed by atoms with van der Waals surface area (Å²) in [5.41, 5.74) is 3.42. The quantitative estimate of drug-likeness (QED) is 0.0182. The summed E-state index contributed by atoms with van der Waals surface area (Å²) in [5, 5.41) is 21.1. The molecule has 0 atom stereocenters. The van der Waals surface area contributed by atoms with E-state index in [-0.39, 0.29) is 126 Å². The number of hydrogen-bond acceptors (Lipinski definition) is 18. The van der Waals surface area contributed by atoms with Crippen LogP contribution in [0.4, 0.5) is 56.3 Å². The van der Waals surface area contributed by atoms with E-state index in [1.54, 1.807) is 49.8 Å². The van der Waals surface area contributed by atoms with Gasteiger partial charge < -0.3 is 75.8 Å². The highest BCUT2D eigenvalue weighted by atomic mass is 16.6. The first-order valence-corrected chi connectivity index (χ1v) is 54.0. The minimum Gasteiger partial charge on any atom is -0.466 e. The van der Waals surface area contributed by atoms with E-state index in [2.05, 4.69) is 37.2 Å². The Balaban J connectivity index is 0.000000240. The summed E-state index contributed by atoms with van der Waals surface area (Å²) in [5.74, 6) is 2.26. The van der Waals surface area contributed by atoms with Gasteiger partial charge in [0.15, 0.2) is 0 Å². The van der Waals surface area contributed by atoms with Crippen LogP contribution in [0.1, 0.15) is 306 Å². The molecular weight excluding hydrogens is 1830 g/mol. The van der Waals surface area contributed by atoms with Crippen molar-refractivity contribution < 1.29 is 86.1 Å². The summed E-state index contributed by atoms with van der Waals surface area (Å²) >= 11 is 0. The summed E-state index contributed by atoms with van der Waals surface area (Å²) in [7, 11) is 7.09. The number of benzene rings is 4. The molecule has 0 bridgehead atoms. The molecule has 7 N–H and O–H groups in total. The lowest BCUT2D eigenvalue weighted by atomic mass is 9.83. The van der Waals surface area contributed by atoms with Crippen molar-refractivity contribution >= 4 is 107 Å². The lowest BCUT2D eigenvalue weighted by Crippen LogP contribution is -2.51. The highest BCUT2D eigenvalue weighted by molar-refractivity contribution is 6.01. The molecule has 12 rings (SSSR count). The predicted octanol–water partition coefficient (Wildman–Crippen LogP) is 19.8. The van der Waals surface area contributed by atoms with Crippen molar-refractivity contribution in [3.63, 3.8) is 0 Å². The van der Waals surface area contributed by atoms with Gasteiger partial charge in [0.1, 0.15) is 0 Å². The standard InChI is InChI=1S/C33H33N3O2.C20H32N4O4.C17H33N3O2.C15H27NO4.C13H25N3O2.C13H23NO4/c37-32(35(28-13-5-1-6-14-28)29-15-7-2-8-16-29)25-26-21-23-27(24-22-26)34-33(38)36(30-17-9-3-10-18-30)31-19-11-4-12-20-31;25-17-7-3-1-5-13-23(17)19(27)21-15-9-11-16(12-10-15)22-20(28)24-14-6-2-4-8-18(24)26;1-5-19(6-2)16(21)13-14-9-11-15(12-10-14)18-17(22)20(7-3)8-4;1-3-9-19-14(17)11-12-5-7-13(8-6-12)16-15(18)20-10-4-2;1-15(2)12(17)9-10-5-7-11(8-6-10)14-13(18)16(3)4;1-3-17-12(15)9-10-5-7-11(8-6-10)14-13(16)18-4-2/h1-20,26-27H,21-25H2,(H,34,38);15-16H,1-14H2,(H,21,27)(H,22,28);14-15H,5-13H2,1-4H3,(H,18,22);12-13H,3-11H2,1-2H3,(H,16,18);10-11H,5-9H2,1-4H3,(H,14,18);10-11H,3-9H2,1-2H3,(H,14,16). The van der Waals surface area contributed by atoms with Crippen LogP contribution in [0.15, 0.2) is 121 Å². The van der Waals surface area contributed by atoms with Crippen molar-refractivity contribution in [1.82, 2.24) is 66.6 Å². The van der Waals surface area contributed by atoms with Gasteiger partial charge in [-0.3, -0.25) is 53.2 Å². The van der Waals surface area contributed by atoms with Crippen molar-refractivity contribution in [1.29, 1.82) is 0 Å². The molecule has 0 unspecified atom stereocenters. The monoisotopic (exact) mass is 2000 g/mol. The normalized spacial score (nSPS) is 21.8. The summed E-state index contributed by atoms with van der Waals surface area (Å²) in [4.78, 5) is 182. The largest absolute Gasteiger partial charge is 0.466 e. The Morgan fingerprint density at radius 1 is 0.292 bits per heavy atom. The number of urea groups is 5. The van der Waals surface area contributed by atoms with Crippen LogP contribution in [-0.2, 0) is 52.5 Å². The van der Waals surface area contributed by atoms with Gasteiger partial charge >= 0.3 is 54.3 Å². The molecule has 17 amide bonds. The number of amides is 17. The number of para-hydroxylation sites is 4. The number of anilines is 4. The van der Waals surface area contributed by atoms with Crippen molar-refractivity contribution in [3.05, 3.63) is 121 Å². The molecule has 0 spiro atoms. The van der Waals surface area contributed by atoms with E-state index in [0.717, 1.165) is 254 Å². The number of hydrogen-bond donors (Lipinski definition) is 7. The molecule has 33 heteroatoms. The molecule has 6 aliphatic carbocycles. The van der Waals surface area contributed by atoms with Crippen molar-refractivity contribution in [2.45, 2.75) is 348 Å². The number of rotatable bonds is 31. The minimum absolute atomic E-state index is 0.0246. The number of nitrogens with one attached hydrogen (secondary N) is 7. The fraction of sp³-hybridized carbons (Fsp3) is 0.658. The SMILES string of the molecule is CCCOC(=O)CC1CCC(NC(=O)OCCC)CC1.CCN(CC)C(=O)CC1CCC(NC(=O)N(CC)CC)CC1.CCOC(=O)CC1CCC(NC(=O)OCC)CC1.CN(C)C(=O)CC1CCC(NC(=O)N(C)C)CC1.O=C(CC1CCC(NC(=O)N(c2ccccc2)c2ccccc2)CC1)N(c1ccccc1)c1ccccc1.O=C1CCCCCN1C(=O)NC1CCC(NC(=O)N2CCCCCC2=O)CC1. The second kappa shape index (κ2) is 67.2. The summed E-state index contributed by atoms with van der Waals surface area (Å²) in [6, 6.07) is 39.5. The van der Waals surface area contributed by atoms with Crippen molar-refractivity contribution in [3.8, 4) is 0 Å². The Morgan fingerprint density at radius 2 is 0.590 bits per heavy atom. The molecule has 4 aromatic rings. The third-order valence-corrected chi connectivity index (χ3v) is 28.2. The smallest absolute Gasteiger partial charge is 0.407 e. The fourth-order valence-corrected chi connectivity index (χ4v) is 19.7. The predicted molar refractivity (Wildman–Crippen MR) is 562 cm³/mol. The van der Waals surface area contributed by atoms with Gasteiger partial charge in [-0.15, -0.1) is 0 Å². The fourth-order valence-electron chi connectivity index (χ4n) is 19.7. The third kappa shape index (κ3) is 44.2. The van der Waals surface area contributed by atoms with Gasteiger partial charge in [-0.2, -0.15) is 0 Å². The third-order valence-electron chi connectivity index (χ3n) is 28.2. The number of likely N-dealkylation sites (tertiary alicyclic amines) is 2. The van der Waals surface area contributed by atoms with Gasteiger partial charge in [0.25, 0.3) is 0 Å². The first kappa shape index (κ1) is 119. The van der Waals surface area contributed by atoms with Gasteiger partial charge in [0.05, 0.1) is 37.8 Å². The first-order chi connectivity index (χ1) is 69.5. The van der Waals surface area contributed by atoms with Gasteiger partial charge in [0, 0.05) is 166 Å². The van der Waals surface area contributed by atoms with Crippen LogP contribution < -0.4 is 47.0 Å². The van der Waals surface area contributed by atoms with Crippen molar-refractivity contribution in [2.24, 2.45) is 29.6 Å². The molecule has 6 saturated carbocycles. The van der Waals surface area contributed by atoms with Crippen LogP contribution in [0.3, 0.4) is 0 Å². The maximum absolute atomic E-state index is 13.5. The van der Waals surface area contributed by atoms with E-state index in [0.29, 0.717) is 114 Å². The van der Waals surface area contributed by atoms with Crippen LogP contribution >= 0.6 is 0 Å². The topological polar surface area (TPSA) is 386 Å². The Bertz CT molecular complexity index is 4090. The van der Waals surface area contributed by atoms with E-state index in [1.165, 1.54) is 9.80 Å². The average Bonchev–Trinajstić information content (AvgIpc) is 0.846. The molecule has 144 heavy (non-hydrogen) atoms. The zero-order valence-corrected chi connectivity index (χ0v) is 88.5. The van der Waals surface area contributed by atoms with Gasteiger partial charge in [-0.25, -0.2) is 33.6 Å². The number of alkyl carbamates (subject to hydrolysis) is 2. The van der Waals surface area contributed by atoms with E-state index in [9.17, 15) is 67.1 Å². The molecule has 4 aromatic carbocycles. The molecule has 33 nitrogen and oxygen atoms in total. The summed E-state index contributed by atoms with van der Waals surface area (Å²) < 4.78 is 19.9. The molecule has 0 radical (unpaired) electrons. The lowest BCUT2D eigenvalue weighted by Gasteiger charge is -2.32. The zero-order valence-electron chi connectivity index (χ0n) is 88.5. The Kier molecular flexibility index (Phi) is 55.7. The number of ether oxygens (including phenoxy) is 4. The maximum Gasteiger partial charge on any atom is 0.407 e. The zero-order chi connectivity index (χ0) is 105. The van der Waals surface area contributed by atoms with E-state index >= 15 is 0 Å². The van der Waals surface area contributed by atoms with Crippen LogP contribution in [0, 0.1) is 29.6 Å². The van der Waals surface area contributed by atoms with Crippen LogP contribution in [-0.4, -0.2) is 249 Å². The summed E-state index contributed by atoms with van der Waals surface area (Å²) in [6.45, 7) is 21.5. The van der Waals surface area contributed by atoms with E-state index in [4.69, 9.17) is 18.9 Å². The Labute approximate surface area is 857 Å². The van der Waals surface area contributed by atoms with Crippen LogP contribution in [0.5, 0.6) is 0 Å². The number of imide groups is 2. The Morgan fingerprint density at radius 3 is 0.938 bits per heavy atom. The molecule has 2 aliphatic heterocycles. The second-order valence-corrected chi connectivity index (χ2v) is 39.6. The average molecular weight is 2010 g/mol. The molecule has 8 aliphatic rings. The van der Waals surface area contributed by atoms with E-state index < -0.39 is 0 Å². The molecule has 2 heterocycles. The Hall–Kier alpha value is -11.5. The molecule has 0 aromatic heterocycles. The highest BCUT2D eigenvalue weighted by Gasteiger charge is 2.36. The number of carbonyl (C=O) groups is 14. The van der Waals surface area contributed by atoms with Gasteiger partial charge in [-0.05, 0) is 312 Å². The van der Waals surface area contributed by atoms with Crippen LogP contribution in [0.2, 0.25) is 0 Å². The summed E-state index contributed by atoms with van der Waals surface area (Å²) in [6.07, 6.45) is 32.2. The first-order valence-electron chi connectivity index (χ1n) is 54.0.